The summed E-state index contributed by atoms with van der Waals surface area (Å²) in [6.45, 7) is 0.826. The van der Waals surface area contributed by atoms with Gasteiger partial charge < -0.3 is 16.0 Å². The molecule has 24 heavy (non-hydrogen) atoms. The zero-order valence-corrected chi connectivity index (χ0v) is 14.4. The van der Waals surface area contributed by atoms with Gasteiger partial charge in [-0.1, -0.05) is 18.2 Å². The highest BCUT2D eigenvalue weighted by Crippen LogP contribution is 2.31. The molecular formula is C20H25N3O. The van der Waals surface area contributed by atoms with Crippen LogP contribution in [0.25, 0.3) is 0 Å². The molecule has 1 aliphatic carbocycles. The summed E-state index contributed by atoms with van der Waals surface area (Å²) in [5.41, 5.74) is 11.0. The summed E-state index contributed by atoms with van der Waals surface area (Å²) in [7, 11) is 4.05. The maximum Gasteiger partial charge on any atom is 0.251 e. The van der Waals surface area contributed by atoms with Crippen LogP contribution >= 0.6 is 0 Å². The minimum absolute atomic E-state index is 0.00900. The van der Waals surface area contributed by atoms with Crippen molar-refractivity contribution in [2.75, 3.05) is 19.8 Å². The second-order valence-electron chi connectivity index (χ2n) is 6.81. The van der Waals surface area contributed by atoms with Gasteiger partial charge in [-0.05, 0) is 74.3 Å². The van der Waals surface area contributed by atoms with Gasteiger partial charge in [-0.3, -0.25) is 4.79 Å². The number of amides is 1. The highest BCUT2D eigenvalue weighted by Gasteiger charge is 2.22. The van der Waals surface area contributed by atoms with Crippen LogP contribution in [-0.4, -0.2) is 24.9 Å². The highest BCUT2D eigenvalue weighted by atomic mass is 16.1. The number of anilines is 1. The predicted molar refractivity (Wildman–Crippen MR) is 97.8 cm³/mol. The first-order chi connectivity index (χ1) is 11.5. The van der Waals surface area contributed by atoms with Crippen molar-refractivity contribution < 1.29 is 4.79 Å². The van der Waals surface area contributed by atoms with E-state index in [0.717, 1.165) is 42.6 Å². The molecule has 1 amide bonds. The fourth-order valence-corrected chi connectivity index (χ4v) is 3.40. The largest absolute Gasteiger partial charge is 0.399 e. The first kappa shape index (κ1) is 16.5. The number of hydrogen-bond donors (Lipinski definition) is 2. The smallest absolute Gasteiger partial charge is 0.251 e. The SMILES string of the molecule is CN(C)Cc1cccc(C(=O)NC2CCCc3cc(N)ccc32)c1. The van der Waals surface area contributed by atoms with Crippen LogP contribution in [0.3, 0.4) is 0 Å². The molecule has 0 fully saturated rings. The number of carbonyl (C=O) groups excluding carboxylic acids is 1. The number of fused-ring (bicyclic) bond motifs is 1. The summed E-state index contributed by atoms with van der Waals surface area (Å²) in [5.74, 6) is -0.00900. The average Bonchev–Trinajstić information content (AvgIpc) is 2.54. The summed E-state index contributed by atoms with van der Waals surface area (Å²) < 4.78 is 0. The number of rotatable bonds is 4. The first-order valence-electron chi connectivity index (χ1n) is 8.46. The van der Waals surface area contributed by atoms with Gasteiger partial charge in [-0.2, -0.15) is 0 Å². The Balaban J connectivity index is 1.76. The van der Waals surface area contributed by atoms with Crippen LogP contribution in [0.15, 0.2) is 42.5 Å². The molecule has 0 spiro atoms. The van der Waals surface area contributed by atoms with Crippen LogP contribution in [0.2, 0.25) is 0 Å². The van der Waals surface area contributed by atoms with Gasteiger partial charge in [0, 0.05) is 17.8 Å². The zero-order chi connectivity index (χ0) is 17.1. The van der Waals surface area contributed by atoms with Crippen molar-refractivity contribution in [1.82, 2.24) is 10.2 Å². The van der Waals surface area contributed by atoms with E-state index in [1.54, 1.807) is 0 Å². The molecule has 2 aromatic carbocycles. The van der Waals surface area contributed by atoms with Crippen LogP contribution in [0.4, 0.5) is 5.69 Å². The number of benzene rings is 2. The second kappa shape index (κ2) is 7.05. The molecule has 1 aliphatic rings. The van der Waals surface area contributed by atoms with Gasteiger partial charge in [0.05, 0.1) is 6.04 Å². The van der Waals surface area contributed by atoms with Gasteiger partial charge in [-0.15, -0.1) is 0 Å². The topological polar surface area (TPSA) is 58.4 Å². The summed E-state index contributed by atoms with van der Waals surface area (Å²) in [4.78, 5) is 14.8. The lowest BCUT2D eigenvalue weighted by molar-refractivity contribution is 0.0932. The number of nitrogens with zero attached hydrogens (tertiary/aromatic N) is 1. The normalized spacial score (nSPS) is 16.7. The maximum atomic E-state index is 12.7. The molecule has 3 N–H and O–H groups in total. The molecule has 0 saturated heterocycles. The van der Waals surface area contributed by atoms with Gasteiger partial charge in [0.2, 0.25) is 0 Å². The van der Waals surface area contributed by atoms with E-state index >= 15 is 0 Å². The Bertz CT molecular complexity index is 739. The Morgan fingerprint density at radius 2 is 2.08 bits per heavy atom. The number of aryl methyl sites for hydroxylation is 1. The molecule has 3 rings (SSSR count). The van der Waals surface area contributed by atoms with Gasteiger partial charge in [-0.25, -0.2) is 0 Å². The van der Waals surface area contributed by atoms with Crippen molar-refractivity contribution in [3.8, 4) is 0 Å². The van der Waals surface area contributed by atoms with E-state index in [9.17, 15) is 4.79 Å². The van der Waals surface area contributed by atoms with Crippen LogP contribution < -0.4 is 11.1 Å². The monoisotopic (exact) mass is 323 g/mol. The molecule has 4 nitrogen and oxygen atoms in total. The fraction of sp³-hybridized carbons (Fsp3) is 0.350. The van der Waals surface area contributed by atoms with E-state index in [0.29, 0.717) is 0 Å². The van der Waals surface area contributed by atoms with Gasteiger partial charge in [0.15, 0.2) is 0 Å². The molecule has 0 heterocycles. The predicted octanol–water partition coefficient (Wildman–Crippen LogP) is 3.14. The third kappa shape index (κ3) is 3.77. The lowest BCUT2D eigenvalue weighted by Gasteiger charge is -2.26. The Hall–Kier alpha value is -2.33. The Morgan fingerprint density at radius 3 is 2.88 bits per heavy atom. The number of nitrogens with two attached hydrogens (primary N) is 1. The van der Waals surface area contributed by atoms with E-state index < -0.39 is 0 Å². The number of nitrogens with one attached hydrogen (secondary N) is 1. The second-order valence-corrected chi connectivity index (χ2v) is 6.81. The molecule has 0 radical (unpaired) electrons. The minimum atomic E-state index is -0.00900. The van der Waals surface area contributed by atoms with E-state index in [1.807, 2.05) is 44.4 Å². The first-order valence-corrected chi connectivity index (χ1v) is 8.46. The third-order valence-electron chi connectivity index (χ3n) is 4.47. The molecule has 0 aromatic heterocycles. The number of carbonyl (C=O) groups is 1. The van der Waals surface area contributed by atoms with Gasteiger partial charge >= 0.3 is 0 Å². The highest BCUT2D eigenvalue weighted by molar-refractivity contribution is 5.94. The quantitative estimate of drug-likeness (QED) is 0.850. The summed E-state index contributed by atoms with van der Waals surface area (Å²) in [6.07, 6.45) is 3.08. The number of hydrogen-bond acceptors (Lipinski definition) is 3. The van der Waals surface area contributed by atoms with Crippen molar-refractivity contribution in [1.29, 1.82) is 0 Å². The standard InChI is InChI=1S/C20H25N3O/c1-23(2)13-14-5-3-7-16(11-14)20(24)22-19-8-4-6-15-12-17(21)9-10-18(15)19/h3,5,7,9-12,19H,4,6,8,13,21H2,1-2H3,(H,22,24). The molecule has 126 valence electrons. The fourth-order valence-electron chi connectivity index (χ4n) is 3.40. The van der Waals surface area contributed by atoms with Gasteiger partial charge in [0.1, 0.15) is 0 Å². The summed E-state index contributed by atoms with van der Waals surface area (Å²) >= 11 is 0. The molecule has 2 aromatic rings. The lowest BCUT2D eigenvalue weighted by Crippen LogP contribution is -2.31. The molecular weight excluding hydrogens is 298 g/mol. The van der Waals surface area contributed by atoms with Crippen LogP contribution in [0.1, 0.15) is 45.9 Å². The van der Waals surface area contributed by atoms with Crippen molar-refractivity contribution in [2.45, 2.75) is 31.8 Å². The number of nitrogen functional groups attached to an aromatic ring is 1. The Labute approximate surface area is 143 Å². The lowest BCUT2D eigenvalue weighted by atomic mass is 9.87. The molecule has 1 unspecified atom stereocenters. The van der Waals surface area contributed by atoms with Gasteiger partial charge in [0.25, 0.3) is 5.91 Å². The van der Waals surface area contributed by atoms with Crippen molar-refractivity contribution in [3.05, 3.63) is 64.7 Å². The molecule has 4 heteroatoms. The molecule has 1 atom stereocenters. The van der Waals surface area contributed by atoms with Crippen LogP contribution in [0, 0.1) is 0 Å². The molecule has 0 bridgehead atoms. The third-order valence-corrected chi connectivity index (χ3v) is 4.47. The van der Waals surface area contributed by atoms with Crippen LogP contribution in [0.5, 0.6) is 0 Å². The Morgan fingerprint density at radius 1 is 1.25 bits per heavy atom. The van der Waals surface area contributed by atoms with E-state index in [4.69, 9.17) is 5.73 Å². The molecule has 0 aliphatic heterocycles. The Kier molecular flexibility index (Phi) is 4.86. The zero-order valence-electron chi connectivity index (χ0n) is 14.4. The van der Waals surface area contributed by atoms with E-state index in [1.165, 1.54) is 11.1 Å². The van der Waals surface area contributed by atoms with Crippen molar-refractivity contribution in [3.63, 3.8) is 0 Å². The average molecular weight is 323 g/mol. The summed E-state index contributed by atoms with van der Waals surface area (Å²) in [5, 5.41) is 3.20. The van der Waals surface area contributed by atoms with Crippen molar-refractivity contribution >= 4 is 11.6 Å². The van der Waals surface area contributed by atoms with Crippen LogP contribution in [-0.2, 0) is 13.0 Å². The van der Waals surface area contributed by atoms with Crippen molar-refractivity contribution in [2.24, 2.45) is 0 Å². The minimum Gasteiger partial charge on any atom is -0.399 e. The molecule has 0 saturated carbocycles. The van der Waals surface area contributed by atoms with E-state index in [-0.39, 0.29) is 11.9 Å². The maximum absolute atomic E-state index is 12.7. The summed E-state index contributed by atoms with van der Waals surface area (Å²) in [6, 6.07) is 13.9. The van der Waals surface area contributed by atoms with E-state index in [2.05, 4.69) is 22.3 Å².